The number of hydrogen-bond acceptors (Lipinski definition) is 4. The van der Waals surface area contributed by atoms with Crippen LogP contribution < -0.4 is 5.73 Å². The largest absolute Gasteiger partial charge is 0.397 e. The number of hydrogen-bond donors (Lipinski definition) is 1. The third-order valence-electron chi connectivity index (χ3n) is 3.52. The monoisotopic (exact) mass is 284 g/mol. The second kappa shape index (κ2) is 5.59. The Balaban J connectivity index is 1.87. The number of ketones is 1. The molecule has 4 heteroatoms. The van der Waals surface area contributed by atoms with Gasteiger partial charge in [0.2, 0.25) is 0 Å². The maximum absolute atomic E-state index is 11.9. The number of nitrogens with two attached hydrogens (primary N) is 1. The molecule has 1 saturated carbocycles. The molecule has 1 heterocycles. The molecular weight excluding hydrogens is 268 g/mol. The normalized spacial score (nSPS) is 21.3. The standard InChI is InChI=1S/C16H16N2OS/c17-14-4-1-2-5-15(14)18-12-8-11(9-13(19)10-12)16-6-3-7-20-16/h1-7,11H,8-10,17H2. The fourth-order valence-electron chi connectivity index (χ4n) is 2.57. The molecule has 0 aliphatic heterocycles. The molecule has 0 radical (unpaired) electrons. The fourth-order valence-corrected chi connectivity index (χ4v) is 3.40. The molecule has 1 fully saturated rings. The summed E-state index contributed by atoms with van der Waals surface area (Å²) in [6.45, 7) is 0. The molecular formula is C16H16N2OS. The van der Waals surface area contributed by atoms with E-state index in [1.165, 1.54) is 4.88 Å². The van der Waals surface area contributed by atoms with Gasteiger partial charge >= 0.3 is 0 Å². The number of Topliss-reactive ketones (excluding diaryl/α,β-unsaturated/α-hetero) is 1. The van der Waals surface area contributed by atoms with Gasteiger partial charge in [-0.15, -0.1) is 11.3 Å². The van der Waals surface area contributed by atoms with Crippen LogP contribution in [-0.2, 0) is 4.79 Å². The van der Waals surface area contributed by atoms with Crippen molar-refractivity contribution in [3.05, 3.63) is 46.7 Å². The number of aliphatic imine (C=N–C) groups is 1. The van der Waals surface area contributed by atoms with Gasteiger partial charge in [-0.1, -0.05) is 18.2 Å². The van der Waals surface area contributed by atoms with Crippen molar-refractivity contribution in [2.75, 3.05) is 5.73 Å². The number of nitrogen functional groups attached to an aromatic ring is 1. The van der Waals surface area contributed by atoms with E-state index in [2.05, 4.69) is 16.4 Å². The summed E-state index contributed by atoms with van der Waals surface area (Å²) in [6.07, 6.45) is 1.93. The first-order valence-corrected chi connectivity index (χ1v) is 7.56. The van der Waals surface area contributed by atoms with E-state index < -0.39 is 0 Å². The molecule has 0 bridgehead atoms. The Labute approximate surface area is 122 Å². The second-order valence-corrected chi connectivity index (χ2v) is 6.05. The number of anilines is 1. The highest BCUT2D eigenvalue weighted by Gasteiger charge is 2.26. The molecule has 0 amide bonds. The fraction of sp³-hybridized carbons (Fsp3) is 0.250. The summed E-state index contributed by atoms with van der Waals surface area (Å²) in [7, 11) is 0. The summed E-state index contributed by atoms with van der Waals surface area (Å²) in [5.41, 5.74) is 8.28. The minimum Gasteiger partial charge on any atom is -0.397 e. The van der Waals surface area contributed by atoms with Crippen LogP contribution >= 0.6 is 11.3 Å². The highest BCUT2D eigenvalue weighted by Crippen LogP contribution is 2.34. The Morgan fingerprint density at radius 2 is 2.00 bits per heavy atom. The van der Waals surface area contributed by atoms with E-state index in [9.17, 15) is 4.79 Å². The summed E-state index contributed by atoms with van der Waals surface area (Å²) < 4.78 is 0. The van der Waals surface area contributed by atoms with Crippen LogP contribution in [0.3, 0.4) is 0 Å². The number of benzene rings is 1. The number of thiophene rings is 1. The van der Waals surface area contributed by atoms with Gasteiger partial charge in [0, 0.05) is 29.3 Å². The van der Waals surface area contributed by atoms with Gasteiger partial charge in [0.25, 0.3) is 0 Å². The molecule has 20 heavy (non-hydrogen) atoms. The van der Waals surface area contributed by atoms with Gasteiger partial charge < -0.3 is 5.73 Å². The molecule has 1 aliphatic carbocycles. The molecule has 1 unspecified atom stereocenters. The minimum atomic E-state index is 0.267. The molecule has 3 rings (SSSR count). The highest BCUT2D eigenvalue weighted by atomic mass is 32.1. The van der Waals surface area contributed by atoms with Crippen LogP contribution in [0.4, 0.5) is 11.4 Å². The van der Waals surface area contributed by atoms with Gasteiger partial charge in [-0.3, -0.25) is 9.79 Å². The van der Waals surface area contributed by atoms with E-state index in [1.54, 1.807) is 11.3 Å². The Bertz CT molecular complexity index is 646. The number of carbonyl (C=O) groups excluding carboxylic acids is 1. The molecule has 1 aromatic heterocycles. The average Bonchev–Trinajstić information content (AvgIpc) is 2.95. The zero-order chi connectivity index (χ0) is 13.9. The second-order valence-electron chi connectivity index (χ2n) is 5.07. The van der Waals surface area contributed by atoms with Gasteiger partial charge in [0.05, 0.1) is 11.4 Å². The Morgan fingerprint density at radius 3 is 2.75 bits per heavy atom. The summed E-state index contributed by atoms with van der Waals surface area (Å²) >= 11 is 1.71. The van der Waals surface area contributed by atoms with Crippen LogP contribution in [0.5, 0.6) is 0 Å². The van der Waals surface area contributed by atoms with E-state index in [-0.39, 0.29) is 11.7 Å². The number of carbonyl (C=O) groups is 1. The van der Waals surface area contributed by atoms with E-state index in [0.717, 1.165) is 17.8 Å². The lowest BCUT2D eigenvalue weighted by Gasteiger charge is -2.21. The summed E-state index contributed by atoms with van der Waals surface area (Å²) in [5, 5.41) is 2.06. The van der Waals surface area contributed by atoms with Gasteiger partial charge in [0.1, 0.15) is 5.78 Å². The molecule has 3 nitrogen and oxygen atoms in total. The zero-order valence-electron chi connectivity index (χ0n) is 11.1. The van der Waals surface area contributed by atoms with E-state index >= 15 is 0 Å². The van der Waals surface area contributed by atoms with Crippen LogP contribution in [0.25, 0.3) is 0 Å². The lowest BCUT2D eigenvalue weighted by Crippen LogP contribution is -2.21. The predicted octanol–water partition coefficient (Wildman–Crippen LogP) is 3.94. The van der Waals surface area contributed by atoms with Crippen molar-refractivity contribution in [1.29, 1.82) is 0 Å². The molecule has 1 aliphatic rings. The van der Waals surface area contributed by atoms with Crippen molar-refractivity contribution in [1.82, 2.24) is 0 Å². The van der Waals surface area contributed by atoms with Crippen LogP contribution in [-0.4, -0.2) is 11.5 Å². The average molecular weight is 284 g/mol. The summed E-state index contributed by atoms with van der Waals surface area (Å²) in [5.74, 6) is 0.544. The first-order chi connectivity index (χ1) is 9.72. The first-order valence-electron chi connectivity index (χ1n) is 6.68. The molecule has 2 N–H and O–H groups in total. The van der Waals surface area contributed by atoms with Gasteiger partial charge in [-0.05, 0) is 30.0 Å². The quantitative estimate of drug-likeness (QED) is 0.849. The number of rotatable bonds is 2. The zero-order valence-corrected chi connectivity index (χ0v) is 11.9. The first kappa shape index (κ1) is 13.1. The molecule has 0 spiro atoms. The van der Waals surface area contributed by atoms with E-state index in [1.807, 2.05) is 30.3 Å². The van der Waals surface area contributed by atoms with Crippen molar-refractivity contribution >= 4 is 34.2 Å². The Kier molecular flexibility index (Phi) is 3.65. The number of para-hydroxylation sites is 2. The molecule has 102 valence electrons. The van der Waals surface area contributed by atoms with Crippen LogP contribution in [0.1, 0.15) is 30.1 Å². The maximum atomic E-state index is 11.9. The summed E-state index contributed by atoms with van der Waals surface area (Å²) in [6, 6.07) is 11.7. The Morgan fingerprint density at radius 1 is 1.15 bits per heavy atom. The molecule has 1 aromatic carbocycles. The van der Waals surface area contributed by atoms with Crippen LogP contribution in [0.15, 0.2) is 46.8 Å². The molecule has 0 saturated heterocycles. The van der Waals surface area contributed by atoms with Crippen LogP contribution in [0, 0.1) is 0 Å². The van der Waals surface area contributed by atoms with Crippen molar-refractivity contribution < 1.29 is 4.79 Å². The maximum Gasteiger partial charge on any atom is 0.139 e. The van der Waals surface area contributed by atoms with Gasteiger partial charge in [0.15, 0.2) is 0 Å². The number of nitrogens with zero attached hydrogens (tertiary/aromatic N) is 1. The van der Waals surface area contributed by atoms with Gasteiger partial charge in [-0.2, -0.15) is 0 Å². The van der Waals surface area contributed by atoms with Crippen molar-refractivity contribution in [3.8, 4) is 0 Å². The van der Waals surface area contributed by atoms with Crippen LogP contribution in [0.2, 0.25) is 0 Å². The third-order valence-corrected chi connectivity index (χ3v) is 4.55. The van der Waals surface area contributed by atoms with Crippen molar-refractivity contribution in [3.63, 3.8) is 0 Å². The van der Waals surface area contributed by atoms with Crippen molar-refractivity contribution in [2.45, 2.75) is 25.2 Å². The highest BCUT2D eigenvalue weighted by molar-refractivity contribution is 7.10. The topological polar surface area (TPSA) is 55.4 Å². The van der Waals surface area contributed by atoms with Crippen molar-refractivity contribution in [2.24, 2.45) is 4.99 Å². The van der Waals surface area contributed by atoms with E-state index in [4.69, 9.17) is 5.73 Å². The molecule has 2 aromatic rings. The predicted molar refractivity (Wildman–Crippen MR) is 83.9 cm³/mol. The molecule has 1 atom stereocenters. The van der Waals surface area contributed by atoms with E-state index in [0.29, 0.717) is 18.5 Å². The minimum absolute atomic E-state index is 0.267. The SMILES string of the molecule is Nc1ccccc1N=C1CC(=O)CC(c2cccs2)C1. The smallest absolute Gasteiger partial charge is 0.139 e. The van der Waals surface area contributed by atoms with Gasteiger partial charge in [-0.25, -0.2) is 0 Å². The summed E-state index contributed by atoms with van der Waals surface area (Å²) in [4.78, 5) is 17.8. The Hall–Kier alpha value is -1.94. The lowest BCUT2D eigenvalue weighted by molar-refractivity contribution is -0.118. The lowest BCUT2D eigenvalue weighted by atomic mass is 9.86. The third kappa shape index (κ3) is 2.80.